The summed E-state index contributed by atoms with van der Waals surface area (Å²) in [6.07, 6.45) is 6.87. The molecule has 0 spiro atoms. The van der Waals surface area contributed by atoms with Crippen LogP contribution in [0.3, 0.4) is 0 Å². The summed E-state index contributed by atoms with van der Waals surface area (Å²) >= 11 is 0. The molecule has 1 heteroatoms. The zero-order valence-corrected chi connectivity index (χ0v) is 10.5. The molecule has 88 valence electrons. The highest BCUT2D eigenvalue weighted by molar-refractivity contribution is 5.26. The molecule has 0 heterocycles. The van der Waals surface area contributed by atoms with Crippen molar-refractivity contribution in [3.8, 4) is 0 Å². The van der Waals surface area contributed by atoms with Gasteiger partial charge >= 0.3 is 0 Å². The first-order valence-electron chi connectivity index (χ1n) is 6.53. The molecule has 1 unspecified atom stereocenters. The van der Waals surface area contributed by atoms with Crippen LogP contribution in [0.1, 0.15) is 36.8 Å². The van der Waals surface area contributed by atoms with Crippen molar-refractivity contribution in [1.82, 2.24) is 5.32 Å². The van der Waals surface area contributed by atoms with Gasteiger partial charge in [0.05, 0.1) is 0 Å². The van der Waals surface area contributed by atoms with E-state index >= 15 is 0 Å². The van der Waals surface area contributed by atoms with Crippen LogP contribution in [0.25, 0.3) is 0 Å². The van der Waals surface area contributed by atoms with Gasteiger partial charge in [0.1, 0.15) is 0 Å². The lowest BCUT2D eigenvalue weighted by Gasteiger charge is -2.23. The Bertz CT molecular complexity index is 326. The quantitative estimate of drug-likeness (QED) is 0.816. The first-order valence-corrected chi connectivity index (χ1v) is 6.53. The third kappa shape index (κ3) is 2.65. The number of hydrogen-bond acceptors (Lipinski definition) is 1. The number of nitrogens with one attached hydrogen (secondary N) is 1. The number of aryl methyl sites for hydroxylation is 1. The maximum atomic E-state index is 3.52. The standard InChI is InChI=1S/C15H23N/c1-12-7-3-4-10-14(12)11-15(16-2)13-8-5-6-9-13/h3-4,7,10,13,15-16H,5-6,8-9,11H2,1-2H3. The summed E-state index contributed by atoms with van der Waals surface area (Å²) in [7, 11) is 2.11. The number of hydrogen-bond donors (Lipinski definition) is 1. The first-order chi connectivity index (χ1) is 7.81. The molecule has 0 amide bonds. The van der Waals surface area contributed by atoms with Gasteiger partial charge in [-0.3, -0.25) is 0 Å². The molecule has 1 fully saturated rings. The number of likely N-dealkylation sites (N-methyl/N-ethyl adjacent to an activating group) is 1. The predicted octanol–water partition coefficient (Wildman–Crippen LogP) is 3.32. The second-order valence-electron chi connectivity index (χ2n) is 5.07. The van der Waals surface area contributed by atoms with Crippen LogP contribution in [0.5, 0.6) is 0 Å². The lowest BCUT2D eigenvalue weighted by atomic mass is 9.91. The lowest BCUT2D eigenvalue weighted by Crippen LogP contribution is -2.34. The van der Waals surface area contributed by atoms with Crippen molar-refractivity contribution >= 4 is 0 Å². The van der Waals surface area contributed by atoms with Crippen molar-refractivity contribution in [2.45, 2.75) is 45.1 Å². The summed E-state index contributed by atoms with van der Waals surface area (Å²) in [6.45, 7) is 2.22. The van der Waals surface area contributed by atoms with Crippen molar-refractivity contribution in [3.05, 3.63) is 35.4 Å². The highest BCUT2D eigenvalue weighted by atomic mass is 14.9. The smallest absolute Gasteiger partial charge is 0.0133 e. The maximum absolute atomic E-state index is 3.52. The largest absolute Gasteiger partial charge is 0.316 e. The molecule has 0 bridgehead atoms. The summed E-state index contributed by atoms with van der Waals surface area (Å²) in [5, 5.41) is 3.52. The molecule has 0 saturated heterocycles. The highest BCUT2D eigenvalue weighted by Crippen LogP contribution is 2.29. The second kappa shape index (κ2) is 5.49. The fraction of sp³-hybridized carbons (Fsp3) is 0.600. The molecule has 1 saturated carbocycles. The molecule has 1 aromatic rings. The number of benzene rings is 1. The Morgan fingerprint density at radius 1 is 1.25 bits per heavy atom. The summed E-state index contributed by atoms with van der Waals surface area (Å²) in [5.74, 6) is 0.893. The van der Waals surface area contributed by atoms with Gasteiger partial charge < -0.3 is 5.32 Å². The predicted molar refractivity (Wildman–Crippen MR) is 69.7 cm³/mol. The van der Waals surface area contributed by atoms with Crippen molar-refractivity contribution < 1.29 is 0 Å². The molecule has 1 aromatic carbocycles. The van der Waals surface area contributed by atoms with E-state index in [-0.39, 0.29) is 0 Å². The molecule has 0 aliphatic heterocycles. The topological polar surface area (TPSA) is 12.0 Å². The van der Waals surface area contributed by atoms with Crippen LogP contribution in [0.15, 0.2) is 24.3 Å². The molecule has 1 nitrogen and oxygen atoms in total. The molecule has 16 heavy (non-hydrogen) atoms. The Morgan fingerprint density at radius 2 is 1.94 bits per heavy atom. The van der Waals surface area contributed by atoms with E-state index in [2.05, 4.69) is 43.6 Å². The summed E-state index contributed by atoms with van der Waals surface area (Å²) in [6, 6.07) is 9.45. The van der Waals surface area contributed by atoms with Crippen molar-refractivity contribution in [1.29, 1.82) is 0 Å². The van der Waals surface area contributed by atoms with Crippen LogP contribution in [0.2, 0.25) is 0 Å². The summed E-state index contributed by atoms with van der Waals surface area (Å²) < 4.78 is 0. The second-order valence-corrected chi connectivity index (χ2v) is 5.07. The normalized spacial score (nSPS) is 18.9. The molecule has 1 aliphatic carbocycles. The van der Waals surface area contributed by atoms with E-state index < -0.39 is 0 Å². The minimum atomic E-state index is 0.670. The van der Waals surface area contributed by atoms with Gasteiger partial charge in [-0.1, -0.05) is 37.1 Å². The van der Waals surface area contributed by atoms with Gasteiger partial charge in [0.2, 0.25) is 0 Å². The van der Waals surface area contributed by atoms with Gasteiger partial charge in [0.15, 0.2) is 0 Å². The fourth-order valence-corrected chi connectivity index (χ4v) is 2.94. The average Bonchev–Trinajstić information content (AvgIpc) is 2.81. The molecule has 2 rings (SSSR count). The van der Waals surface area contributed by atoms with Gasteiger partial charge in [-0.05, 0) is 50.3 Å². The van der Waals surface area contributed by atoms with Crippen LogP contribution < -0.4 is 5.32 Å². The molecule has 0 aromatic heterocycles. The van der Waals surface area contributed by atoms with Crippen LogP contribution in [-0.4, -0.2) is 13.1 Å². The van der Waals surface area contributed by atoms with E-state index in [1.165, 1.54) is 43.2 Å². The lowest BCUT2D eigenvalue weighted by molar-refractivity contribution is 0.377. The van der Waals surface area contributed by atoms with Crippen LogP contribution in [0, 0.1) is 12.8 Å². The SMILES string of the molecule is CNC(Cc1ccccc1C)C1CCCC1. The van der Waals surface area contributed by atoms with E-state index in [9.17, 15) is 0 Å². The van der Waals surface area contributed by atoms with E-state index in [0.717, 1.165) is 5.92 Å². The molecule has 1 aliphatic rings. The third-order valence-electron chi connectivity index (χ3n) is 4.04. The number of rotatable bonds is 4. The average molecular weight is 217 g/mol. The fourth-order valence-electron chi connectivity index (χ4n) is 2.94. The minimum Gasteiger partial charge on any atom is -0.316 e. The van der Waals surface area contributed by atoms with Crippen LogP contribution in [0.4, 0.5) is 0 Å². The van der Waals surface area contributed by atoms with Crippen LogP contribution in [-0.2, 0) is 6.42 Å². The third-order valence-corrected chi connectivity index (χ3v) is 4.04. The van der Waals surface area contributed by atoms with E-state index in [4.69, 9.17) is 0 Å². The molecule has 1 N–H and O–H groups in total. The Labute approximate surface area is 99.3 Å². The Morgan fingerprint density at radius 3 is 2.56 bits per heavy atom. The summed E-state index contributed by atoms with van der Waals surface area (Å²) in [4.78, 5) is 0. The monoisotopic (exact) mass is 217 g/mol. The highest BCUT2D eigenvalue weighted by Gasteiger charge is 2.23. The Kier molecular flexibility index (Phi) is 4.00. The van der Waals surface area contributed by atoms with E-state index in [1.807, 2.05) is 0 Å². The minimum absolute atomic E-state index is 0.670. The van der Waals surface area contributed by atoms with Crippen molar-refractivity contribution in [2.24, 2.45) is 5.92 Å². The first kappa shape index (κ1) is 11.7. The van der Waals surface area contributed by atoms with Gasteiger partial charge in [0, 0.05) is 6.04 Å². The molecular formula is C15H23N. The van der Waals surface area contributed by atoms with Crippen molar-refractivity contribution in [2.75, 3.05) is 7.05 Å². The van der Waals surface area contributed by atoms with Gasteiger partial charge in [-0.2, -0.15) is 0 Å². The molecule has 1 atom stereocenters. The Balaban J connectivity index is 2.03. The van der Waals surface area contributed by atoms with Gasteiger partial charge in [-0.25, -0.2) is 0 Å². The van der Waals surface area contributed by atoms with Crippen molar-refractivity contribution in [3.63, 3.8) is 0 Å². The van der Waals surface area contributed by atoms with E-state index in [0.29, 0.717) is 6.04 Å². The van der Waals surface area contributed by atoms with Crippen LogP contribution >= 0.6 is 0 Å². The van der Waals surface area contributed by atoms with Gasteiger partial charge in [-0.15, -0.1) is 0 Å². The zero-order chi connectivity index (χ0) is 11.4. The van der Waals surface area contributed by atoms with Gasteiger partial charge in [0.25, 0.3) is 0 Å². The maximum Gasteiger partial charge on any atom is 0.0133 e. The summed E-state index contributed by atoms with van der Waals surface area (Å²) in [5.41, 5.74) is 2.94. The molecule has 0 radical (unpaired) electrons. The zero-order valence-electron chi connectivity index (χ0n) is 10.5. The molecular weight excluding hydrogens is 194 g/mol. The van der Waals surface area contributed by atoms with E-state index in [1.54, 1.807) is 0 Å². The Hall–Kier alpha value is -0.820.